The third-order valence-corrected chi connectivity index (χ3v) is 3.31. The van der Waals surface area contributed by atoms with Crippen molar-refractivity contribution in [3.05, 3.63) is 52.0 Å². The number of carboxylic acids is 1. The van der Waals surface area contributed by atoms with E-state index in [1.165, 1.54) is 0 Å². The molecule has 144 valence electrons. The van der Waals surface area contributed by atoms with Crippen LogP contribution in [0.15, 0.2) is 33.6 Å². The highest BCUT2D eigenvalue weighted by Gasteiger charge is 2.38. The minimum atomic E-state index is -5.08. The van der Waals surface area contributed by atoms with Gasteiger partial charge in [0.15, 0.2) is 5.82 Å². The van der Waals surface area contributed by atoms with Crippen LogP contribution in [-0.2, 0) is 24.1 Å². The third-order valence-electron chi connectivity index (χ3n) is 3.31. The zero-order chi connectivity index (χ0) is 20.0. The molecular weight excluding hydrogens is 369 g/mol. The summed E-state index contributed by atoms with van der Waals surface area (Å²) >= 11 is 0. The van der Waals surface area contributed by atoms with E-state index < -0.39 is 12.1 Å². The van der Waals surface area contributed by atoms with Gasteiger partial charge in [0.05, 0.1) is 11.0 Å². The molecule has 2 heterocycles. The largest absolute Gasteiger partial charge is 0.490 e. The number of aromatic amines is 1. The minimum Gasteiger partial charge on any atom is -0.475 e. The molecule has 0 spiro atoms. The fourth-order valence-corrected chi connectivity index (χ4v) is 2.00. The van der Waals surface area contributed by atoms with Crippen LogP contribution >= 0.6 is 0 Å². The van der Waals surface area contributed by atoms with Crippen LogP contribution in [0.5, 0.6) is 0 Å². The molecule has 0 aliphatic heterocycles. The third kappa shape index (κ3) is 5.62. The summed E-state index contributed by atoms with van der Waals surface area (Å²) in [6.07, 6.45) is -3.36. The number of aromatic nitrogens is 4. The number of nitrogens with one attached hydrogen (secondary N) is 1. The predicted octanol–water partition coefficient (Wildman–Crippen LogP) is 2.29. The number of aliphatic carboxylic acids is 1. The number of alkyl halides is 3. The van der Waals surface area contributed by atoms with Crippen molar-refractivity contribution in [1.82, 2.24) is 20.1 Å². The lowest BCUT2D eigenvalue weighted by atomic mass is 10.2. The molecule has 3 rings (SSSR count). The van der Waals surface area contributed by atoms with Crippen LogP contribution in [0.3, 0.4) is 0 Å². The molecule has 0 aliphatic rings. The van der Waals surface area contributed by atoms with Crippen molar-refractivity contribution in [2.75, 3.05) is 0 Å². The average Bonchev–Trinajstić information content (AvgIpc) is 3.07. The Morgan fingerprint density at radius 1 is 1.22 bits per heavy atom. The van der Waals surface area contributed by atoms with Crippen LogP contribution in [0, 0.1) is 0 Å². The second-order valence-corrected chi connectivity index (χ2v) is 5.29. The van der Waals surface area contributed by atoms with E-state index >= 15 is 0 Å². The fraction of sp³-hybridized carbons (Fsp3) is 0.312. The second kappa shape index (κ2) is 8.43. The number of carbonyl (C=O) groups is 1. The molecule has 1 aromatic carbocycles. The molecule has 2 aromatic heterocycles. The standard InChI is InChI=1S/C14H14N4O2.C2HF3O2/c1-2-12-17-13(20-18-12)8-7-11-14(19)16-10-6-4-3-5-9(10)15-11;3-2(4,5)1(6)7/h3-6H,2,7-8H2,1H3,(H,16,19);(H,6,7). The number of hydrogen-bond donors (Lipinski definition) is 2. The number of halogens is 3. The normalized spacial score (nSPS) is 11.1. The number of fused-ring (bicyclic) bond motifs is 1. The Balaban J connectivity index is 0.000000321. The SMILES string of the molecule is CCc1noc(CCc2nc3ccccc3[nH]c2=O)n1.O=C(O)C(F)(F)F. The van der Waals surface area contributed by atoms with E-state index in [0.717, 1.165) is 17.5 Å². The molecule has 0 aliphatic carbocycles. The van der Waals surface area contributed by atoms with E-state index in [4.69, 9.17) is 14.4 Å². The second-order valence-electron chi connectivity index (χ2n) is 5.29. The molecule has 27 heavy (non-hydrogen) atoms. The Bertz CT molecular complexity index is 981. The summed E-state index contributed by atoms with van der Waals surface area (Å²) in [6, 6.07) is 7.46. The lowest BCUT2D eigenvalue weighted by Crippen LogP contribution is -2.21. The predicted molar refractivity (Wildman–Crippen MR) is 87.1 cm³/mol. The van der Waals surface area contributed by atoms with Crippen molar-refractivity contribution in [2.24, 2.45) is 0 Å². The first kappa shape index (κ1) is 20.1. The van der Waals surface area contributed by atoms with Gasteiger partial charge >= 0.3 is 12.1 Å². The first-order valence-electron chi connectivity index (χ1n) is 7.80. The maximum atomic E-state index is 11.9. The van der Waals surface area contributed by atoms with Gasteiger partial charge in [0, 0.05) is 19.3 Å². The smallest absolute Gasteiger partial charge is 0.475 e. The molecule has 8 nitrogen and oxygen atoms in total. The van der Waals surface area contributed by atoms with Crippen molar-refractivity contribution in [3.8, 4) is 0 Å². The van der Waals surface area contributed by atoms with Crippen LogP contribution in [0.25, 0.3) is 11.0 Å². The summed E-state index contributed by atoms with van der Waals surface area (Å²) in [4.78, 5) is 32.3. The van der Waals surface area contributed by atoms with Crippen LogP contribution in [0.4, 0.5) is 13.2 Å². The lowest BCUT2D eigenvalue weighted by Gasteiger charge is -2.00. The Kier molecular flexibility index (Phi) is 6.27. The van der Waals surface area contributed by atoms with E-state index in [1.54, 1.807) is 0 Å². The molecule has 3 aromatic rings. The summed E-state index contributed by atoms with van der Waals surface area (Å²) in [6.45, 7) is 1.96. The number of para-hydroxylation sites is 2. The van der Waals surface area contributed by atoms with Crippen molar-refractivity contribution in [3.63, 3.8) is 0 Å². The molecule has 0 saturated carbocycles. The number of H-pyrrole nitrogens is 1. The van der Waals surface area contributed by atoms with Gasteiger partial charge in [0.2, 0.25) is 5.89 Å². The van der Waals surface area contributed by atoms with E-state index in [1.807, 2.05) is 31.2 Å². The number of aryl methyl sites for hydroxylation is 3. The zero-order valence-electron chi connectivity index (χ0n) is 14.1. The van der Waals surface area contributed by atoms with Crippen molar-refractivity contribution < 1.29 is 27.6 Å². The topological polar surface area (TPSA) is 122 Å². The van der Waals surface area contributed by atoms with Crippen molar-refractivity contribution in [1.29, 1.82) is 0 Å². The molecular formula is C16H15F3N4O4. The summed E-state index contributed by atoms with van der Waals surface area (Å²) in [5.41, 5.74) is 1.84. The van der Waals surface area contributed by atoms with Crippen molar-refractivity contribution >= 4 is 17.0 Å². The quantitative estimate of drug-likeness (QED) is 0.708. The Morgan fingerprint density at radius 2 is 1.89 bits per heavy atom. The maximum absolute atomic E-state index is 11.9. The fourth-order valence-electron chi connectivity index (χ4n) is 2.00. The summed E-state index contributed by atoms with van der Waals surface area (Å²) in [5, 5.41) is 11.0. The highest BCUT2D eigenvalue weighted by molar-refractivity contribution is 5.73. The monoisotopic (exact) mass is 384 g/mol. The number of carboxylic acid groups (broad SMARTS) is 1. The highest BCUT2D eigenvalue weighted by Crippen LogP contribution is 2.13. The van der Waals surface area contributed by atoms with Gasteiger partial charge in [-0.15, -0.1) is 0 Å². The lowest BCUT2D eigenvalue weighted by molar-refractivity contribution is -0.192. The van der Waals surface area contributed by atoms with Gasteiger partial charge in [-0.05, 0) is 12.1 Å². The van der Waals surface area contributed by atoms with E-state index in [2.05, 4.69) is 20.1 Å². The first-order chi connectivity index (χ1) is 12.7. The maximum Gasteiger partial charge on any atom is 0.490 e. The van der Waals surface area contributed by atoms with Crippen LogP contribution in [0.1, 0.15) is 24.3 Å². The molecule has 0 atom stereocenters. The summed E-state index contributed by atoms with van der Waals surface area (Å²) in [7, 11) is 0. The average molecular weight is 384 g/mol. The van der Waals surface area contributed by atoms with Gasteiger partial charge in [-0.25, -0.2) is 9.78 Å². The van der Waals surface area contributed by atoms with Gasteiger partial charge in [-0.1, -0.05) is 24.2 Å². The molecule has 0 radical (unpaired) electrons. The van der Waals surface area contributed by atoms with E-state index in [9.17, 15) is 18.0 Å². The summed E-state index contributed by atoms with van der Waals surface area (Å²) in [5.74, 6) is -1.54. The number of hydrogen-bond acceptors (Lipinski definition) is 6. The molecule has 2 N–H and O–H groups in total. The van der Waals surface area contributed by atoms with Crippen LogP contribution < -0.4 is 5.56 Å². The van der Waals surface area contributed by atoms with Gasteiger partial charge in [0.25, 0.3) is 5.56 Å². The van der Waals surface area contributed by atoms with Crippen LogP contribution in [0.2, 0.25) is 0 Å². The number of benzene rings is 1. The number of nitrogens with zero attached hydrogens (tertiary/aromatic N) is 3. The Hall–Kier alpha value is -3.24. The molecule has 0 amide bonds. The van der Waals surface area contributed by atoms with E-state index in [-0.39, 0.29) is 5.56 Å². The molecule has 0 bridgehead atoms. The summed E-state index contributed by atoms with van der Waals surface area (Å²) < 4.78 is 36.8. The van der Waals surface area contributed by atoms with Gasteiger partial charge in [-0.3, -0.25) is 4.79 Å². The highest BCUT2D eigenvalue weighted by atomic mass is 19.4. The number of rotatable bonds is 4. The minimum absolute atomic E-state index is 0.168. The van der Waals surface area contributed by atoms with Crippen molar-refractivity contribution in [2.45, 2.75) is 32.4 Å². The van der Waals surface area contributed by atoms with Gasteiger partial charge in [-0.2, -0.15) is 18.2 Å². The van der Waals surface area contributed by atoms with Crippen LogP contribution in [-0.4, -0.2) is 37.4 Å². The molecule has 11 heteroatoms. The molecule has 0 fully saturated rings. The van der Waals surface area contributed by atoms with E-state index in [0.29, 0.717) is 30.3 Å². The molecule has 0 unspecified atom stereocenters. The van der Waals surface area contributed by atoms with Gasteiger partial charge in [0.1, 0.15) is 5.69 Å². The van der Waals surface area contributed by atoms with Gasteiger partial charge < -0.3 is 14.6 Å². The Morgan fingerprint density at radius 3 is 2.48 bits per heavy atom. The molecule has 0 saturated heterocycles. The zero-order valence-corrected chi connectivity index (χ0v) is 14.1. The Labute approximate surface area is 150 Å². The first-order valence-corrected chi connectivity index (χ1v) is 7.80.